The number of carbonyl (C=O) groups is 2. The van der Waals surface area contributed by atoms with Gasteiger partial charge in [-0.15, -0.1) is 0 Å². The Morgan fingerprint density at radius 3 is 2.50 bits per heavy atom. The molecule has 1 heterocycles. The number of hydrazone groups is 1. The van der Waals surface area contributed by atoms with E-state index in [-0.39, 0.29) is 18.3 Å². The second-order valence-electron chi connectivity index (χ2n) is 6.96. The Hall–Kier alpha value is -4.14. The summed E-state index contributed by atoms with van der Waals surface area (Å²) in [5.74, 6) is -0.548. The molecule has 3 N–H and O–H groups in total. The van der Waals surface area contributed by atoms with Crippen molar-refractivity contribution in [3.05, 3.63) is 76.9 Å². The normalized spacial score (nSPS) is 10.9. The number of rotatable bonds is 8. The zero-order valence-corrected chi connectivity index (χ0v) is 17.9. The predicted octanol–water partition coefficient (Wildman–Crippen LogP) is 2.87. The first-order chi connectivity index (χ1) is 15.3. The van der Waals surface area contributed by atoms with Crippen LogP contribution in [-0.2, 0) is 4.79 Å². The van der Waals surface area contributed by atoms with Crippen LogP contribution in [0.5, 0.6) is 11.5 Å². The third-order valence-corrected chi connectivity index (χ3v) is 4.70. The molecule has 8 nitrogen and oxygen atoms in total. The number of carbonyl (C=O) groups excluding carboxylic acids is 2. The number of aryl methyl sites for hydroxylation is 1. The minimum Gasteiger partial charge on any atom is -0.493 e. The molecule has 0 atom stereocenters. The summed E-state index contributed by atoms with van der Waals surface area (Å²) in [6.45, 7) is 3.41. The summed E-state index contributed by atoms with van der Waals surface area (Å²) in [6, 6.07) is 12.7. The maximum atomic E-state index is 13.2. The van der Waals surface area contributed by atoms with Gasteiger partial charge in [-0.25, -0.2) is 9.82 Å². The van der Waals surface area contributed by atoms with Crippen molar-refractivity contribution in [1.29, 1.82) is 0 Å². The summed E-state index contributed by atoms with van der Waals surface area (Å²) < 4.78 is 25.6. The van der Waals surface area contributed by atoms with Crippen LogP contribution in [-0.4, -0.2) is 36.3 Å². The Bertz CT molecular complexity index is 1170. The van der Waals surface area contributed by atoms with Crippen molar-refractivity contribution in [3.8, 4) is 17.2 Å². The lowest BCUT2D eigenvalue weighted by molar-refractivity contribution is -0.119. The number of methoxy groups -OCH3 is 1. The van der Waals surface area contributed by atoms with Gasteiger partial charge in [0.2, 0.25) is 0 Å². The summed E-state index contributed by atoms with van der Waals surface area (Å²) in [5.41, 5.74) is 11.0. The highest BCUT2D eigenvalue weighted by atomic mass is 19.1. The van der Waals surface area contributed by atoms with Gasteiger partial charge >= 0.3 is 0 Å². The van der Waals surface area contributed by atoms with Crippen LogP contribution in [0.25, 0.3) is 5.69 Å². The summed E-state index contributed by atoms with van der Waals surface area (Å²) in [4.78, 5) is 23.5. The van der Waals surface area contributed by atoms with E-state index in [0.717, 1.165) is 11.4 Å². The van der Waals surface area contributed by atoms with E-state index in [0.29, 0.717) is 28.3 Å². The molecule has 2 aromatic carbocycles. The summed E-state index contributed by atoms with van der Waals surface area (Å²) >= 11 is 0. The van der Waals surface area contributed by atoms with Gasteiger partial charge in [-0.1, -0.05) is 0 Å². The topological polar surface area (TPSA) is 108 Å². The van der Waals surface area contributed by atoms with Gasteiger partial charge in [0.25, 0.3) is 11.8 Å². The number of nitrogens with zero attached hydrogens (tertiary/aromatic N) is 2. The first-order valence-electron chi connectivity index (χ1n) is 9.67. The molecule has 0 saturated carbocycles. The van der Waals surface area contributed by atoms with Crippen molar-refractivity contribution in [2.45, 2.75) is 13.8 Å². The van der Waals surface area contributed by atoms with Crippen LogP contribution in [0.3, 0.4) is 0 Å². The minimum absolute atomic E-state index is 0.268. The minimum atomic E-state index is -0.598. The van der Waals surface area contributed by atoms with Gasteiger partial charge in [-0.05, 0) is 67.9 Å². The van der Waals surface area contributed by atoms with Crippen molar-refractivity contribution in [1.82, 2.24) is 9.99 Å². The molecule has 0 radical (unpaired) electrons. The van der Waals surface area contributed by atoms with Crippen LogP contribution < -0.4 is 20.6 Å². The average Bonchev–Trinajstić information content (AvgIpc) is 3.07. The second kappa shape index (κ2) is 9.78. The number of hydrogen-bond acceptors (Lipinski definition) is 5. The number of hydrogen-bond donors (Lipinski definition) is 2. The van der Waals surface area contributed by atoms with Crippen LogP contribution >= 0.6 is 0 Å². The third kappa shape index (κ3) is 5.12. The largest absolute Gasteiger partial charge is 0.493 e. The molecule has 0 unspecified atom stereocenters. The number of aromatic nitrogens is 1. The Balaban J connectivity index is 1.72. The highest BCUT2D eigenvalue weighted by Crippen LogP contribution is 2.27. The van der Waals surface area contributed by atoms with Gasteiger partial charge in [0.1, 0.15) is 5.82 Å². The maximum absolute atomic E-state index is 13.2. The van der Waals surface area contributed by atoms with Gasteiger partial charge in [0, 0.05) is 17.1 Å². The van der Waals surface area contributed by atoms with E-state index in [1.54, 1.807) is 36.4 Å². The molecule has 0 saturated heterocycles. The SMILES string of the molecule is COc1cc(/C=N/NC(=O)c2cc(C)n(-c3ccc(F)cc3)c2C)ccc1OCC(N)=O. The molecule has 3 rings (SSSR count). The summed E-state index contributed by atoms with van der Waals surface area (Å²) in [7, 11) is 1.46. The molecule has 0 aliphatic heterocycles. The zero-order chi connectivity index (χ0) is 23.3. The van der Waals surface area contributed by atoms with Crippen molar-refractivity contribution in [2.75, 3.05) is 13.7 Å². The fourth-order valence-electron chi connectivity index (χ4n) is 3.24. The molecule has 3 aromatic rings. The van der Waals surface area contributed by atoms with E-state index in [1.807, 2.05) is 18.4 Å². The molecular weight excluding hydrogens is 415 g/mol. The van der Waals surface area contributed by atoms with E-state index in [9.17, 15) is 14.0 Å². The number of nitrogens with one attached hydrogen (secondary N) is 1. The van der Waals surface area contributed by atoms with Crippen LogP contribution in [0, 0.1) is 19.7 Å². The number of ether oxygens (including phenoxy) is 2. The molecule has 32 heavy (non-hydrogen) atoms. The maximum Gasteiger partial charge on any atom is 0.273 e. The lowest BCUT2D eigenvalue weighted by Gasteiger charge is -2.10. The van der Waals surface area contributed by atoms with Gasteiger partial charge in [0.15, 0.2) is 18.1 Å². The van der Waals surface area contributed by atoms with Gasteiger partial charge in [0.05, 0.1) is 18.9 Å². The quantitative estimate of drug-likeness (QED) is 0.416. The predicted molar refractivity (Wildman–Crippen MR) is 118 cm³/mol. The Labute approximate surface area is 184 Å². The van der Waals surface area contributed by atoms with Crippen molar-refractivity contribution < 1.29 is 23.5 Å². The molecule has 0 bridgehead atoms. The highest BCUT2D eigenvalue weighted by molar-refractivity contribution is 5.96. The van der Waals surface area contributed by atoms with Crippen molar-refractivity contribution >= 4 is 18.0 Å². The van der Waals surface area contributed by atoms with E-state index in [4.69, 9.17) is 15.2 Å². The monoisotopic (exact) mass is 438 g/mol. The lowest BCUT2D eigenvalue weighted by atomic mass is 10.2. The standard InChI is InChI=1S/C23H23FN4O4/c1-14-10-19(15(2)28(14)18-7-5-17(24)6-8-18)23(30)27-26-12-16-4-9-20(21(11-16)31-3)32-13-22(25)29/h4-12H,13H2,1-3H3,(H2,25,29)(H,27,30)/b26-12+. The molecule has 2 amide bonds. The number of nitrogens with two attached hydrogens (primary N) is 1. The molecule has 0 aliphatic rings. The first-order valence-corrected chi connectivity index (χ1v) is 9.67. The third-order valence-electron chi connectivity index (χ3n) is 4.70. The number of benzene rings is 2. The molecular formula is C23H23FN4O4. The lowest BCUT2D eigenvalue weighted by Crippen LogP contribution is -2.20. The average molecular weight is 438 g/mol. The van der Waals surface area contributed by atoms with E-state index < -0.39 is 5.91 Å². The van der Waals surface area contributed by atoms with Crippen LogP contribution in [0.15, 0.2) is 53.6 Å². The van der Waals surface area contributed by atoms with E-state index in [2.05, 4.69) is 10.5 Å². The van der Waals surface area contributed by atoms with E-state index in [1.165, 1.54) is 25.5 Å². The number of primary amides is 1. The van der Waals surface area contributed by atoms with Gasteiger partial charge in [-0.3, -0.25) is 9.59 Å². The molecule has 9 heteroatoms. The van der Waals surface area contributed by atoms with Gasteiger partial charge < -0.3 is 19.8 Å². The Kier molecular flexibility index (Phi) is 6.89. The van der Waals surface area contributed by atoms with Crippen LogP contribution in [0.2, 0.25) is 0 Å². The molecule has 0 spiro atoms. The zero-order valence-electron chi connectivity index (χ0n) is 17.9. The summed E-state index contributed by atoms with van der Waals surface area (Å²) in [5, 5.41) is 4.01. The fourth-order valence-corrected chi connectivity index (χ4v) is 3.24. The van der Waals surface area contributed by atoms with Gasteiger partial charge in [-0.2, -0.15) is 5.10 Å². The molecule has 166 valence electrons. The summed E-state index contributed by atoms with van der Waals surface area (Å²) in [6.07, 6.45) is 1.46. The Morgan fingerprint density at radius 1 is 1.12 bits per heavy atom. The fraction of sp³-hybridized carbons (Fsp3) is 0.174. The molecule has 0 aliphatic carbocycles. The molecule has 1 aromatic heterocycles. The Morgan fingerprint density at radius 2 is 1.84 bits per heavy atom. The number of amides is 2. The van der Waals surface area contributed by atoms with Crippen LogP contribution in [0.4, 0.5) is 4.39 Å². The van der Waals surface area contributed by atoms with E-state index >= 15 is 0 Å². The smallest absolute Gasteiger partial charge is 0.273 e. The van der Waals surface area contributed by atoms with Crippen LogP contribution in [0.1, 0.15) is 27.3 Å². The number of halogens is 1. The first kappa shape index (κ1) is 22.5. The van der Waals surface area contributed by atoms with Crippen molar-refractivity contribution in [2.24, 2.45) is 10.8 Å². The second-order valence-corrected chi connectivity index (χ2v) is 6.96. The highest BCUT2D eigenvalue weighted by Gasteiger charge is 2.16. The molecule has 0 fully saturated rings. The van der Waals surface area contributed by atoms with Crippen molar-refractivity contribution in [3.63, 3.8) is 0 Å².